The van der Waals surface area contributed by atoms with E-state index in [1.54, 1.807) is 0 Å². The predicted octanol–water partition coefficient (Wildman–Crippen LogP) is 2.68. The Morgan fingerprint density at radius 3 is 2.80 bits per heavy atom. The Bertz CT molecular complexity index is 194. The van der Waals surface area contributed by atoms with Gasteiger partial charge in [-0.25, -0.2) is 4.39 Å². The summed E-state index contributed by atoms with van der Waals surface area (Å²) in [6, 6.07) is 0. The highest BCUT2D eigenvalue weighted by atomic mass is 19.1. The summed E-state index contributed by atoms with van der Waals surface area (Å²) in [6.45, 7) is 1.87. The van der Waals surface area contributed by atoms with Crippen molar-refractivity contribution in [2.45, 2.75) is 45.4 Å². The van der Waals surface area contributed by atoms with E-state index in [9.17, 15) is 9.18 Å². The lowest BCUT2D eigenvalue weighted by molar-refractivity contribution is -0.127. The molecule has 1 aliphatic carbocycles. The first-order chi connectivity index (χ1) is 7.29. The molecule has 0 heterocycles. The van der Waals surface area contributed by atoms with Crippen LogP contribution in [0.2, 0.25) is 0 Å². The zero-order valence-corrected chi connectivity index (χ0v) is 9.60. The van der Waals surface area contributed by atoms with Crippen molar-refractivity contribution in [3.8, 4) is 0 Å². The average molecular weight is 215 g/mol. The molecule has 0 radical (unpaired) electrons. The molecule has 2 atom stereocenters. The van der Waals surface area contributed by atoms with Gasteiger partial charge in [0.05, 0.1) is 0 Å². The van der Waals surface area contributed by atoms with E-state index in [4.69, 9.17) is 0 Å². The first-order valence-electron chi connectivity index (χ1n) is 6.13. The van der Waals surface area contributed by atoms with Gasteiger partial charge in [0.2, 0.25) is 5.91 Å². The van der Waals surface area contributed by atoms with E-state index in [0.29, 0.717) is 5.92 Å². The van der Waals surface area contributed by atoms with E-state index in [2.05, 4.69) is 12.2 Å². The van der Waals surface area contributed by atoms with Crippen LogP contribution in [-0.2, 0) is 4.79 Å². The molecule has 1 N–H and O–H groups in total. The Labute approximate surface area is 91.6 Å². The van der Waals surface area contributed by atoms with Gasteiger partial charge in [-0.3, -0.25) is 4.79 Å². The molecule has 1 fully saturated rings. The highest BCUT2D eigenvalue weighted by Crippen LogP contribution is 2.33. The molecule has 1 amide bonds. The third-order valence-corrected chi connectivity index (χ3v) is 3.30. The number of hydrogen-bond donors (Lipinski definition) is 1. The summed E-state index contributed by atoms with van der Waals surface area (Å²) < 4.78 is 12.0. The van der Waals surface area contributed by atoms with Crippen molar-refractivity contribution in [3.63, 3.8) is 0 Å². The zero-order chi connectivity index (χ0) is 11.1. The monoisotopic (exact) mass is 215 g/mol. The topological polar surface area (TPSA) is 29.1 Å². The molecule has 15 heavy (non-hydrogen) atoms. The second-order valence-corrected chi connectivity index (χ2v) is 4.42. The average Bonchev–Trinajstić information content (AvgIpc) is 2.27. The number of carbonyl (C=O) groups excluding carboxylic acids is 1. The molecular weight excluding hydrogens is 193 g/mol. The van der Waals surface area contributed by atoms with Crippen LogP contribution in [0.25, 0.3) is 0 Å². The molecule has 88 valence electrons. The Morgan fingerprint density at radius 1 is 1.40 bits per heavy atom. The lowest BCUT2D eigenvalue weighted by Crippen LogP contribution is -2.37. The van der Waals surface area contributed by atoms with Crippen LogP contribution in [0.4, 0.5) is 4.39 Å². The van der Waals surface area contributed by atoms with E-state index < -0.39 is 6.67 Å². The van der Waals surface area contributed by atoms with Crippen molar-refractivity contribution in [2.75, 3.05) is 13.2 Å². The van der Waals surface area contributed by atoms with Crippen LogP contribution in [0.1, 0.15) is 45.4 Å². The third-order valence-electron chi connectivity index (χ3n) is 3.30. The standard InChI is InChI=1S/C12H22FNO/c1-2-5-10-6-3-4-7-11(10)12(15)14-9-8-13/h10-11H,2-9H2,1H3,(H,14,15)/t10?,11-/m0/s1. The van der Waals surface area contributed by atoms with E-state index in [0.717, 1.165) is 25.7 Å². The molecule has 3 heteroatoms. The number of halogens is 1. The van der Waals surface area contributed by atoms with Crippen LogP contribution in [0, 0.1) is 11.8 Å². The Kier molecular flexibility index (Phi) is 5.66. The Hall–Kier alpha value is -0.600. The third kappa shape index (κ3) is 3.80. The summed E-state index contributed by atoms with van der Waals surface area (Å²) >= 11 is 0. The minimum Gasteiger partial charge on any atom is -0.353 e. The van der Waals surface area contributed by atoms with Crippen molar-refractivity contribution in [1.82, 2.24) is 5.32 Å². The molecule has 1 saturated carbocycles. The lowest BCUT2D eigenvalue weighted by atomic mass is 9.76. The van der Waals surface area contributed by atoms with Crippen molar-refractivity contribution < 1.29 is 9.18 Å². The molecule has 0 aromatic carbocycles. The largest absolute Gasteiger partial charge is 0.353 e. The van der Waals surface area contributed by atoms with Crippen molar-refractivity contribution in [1.29, 1.82) is 0 Å². The second-order valence-electron chi connectivity index (χ2n) is 4.42. The fourth-order valence-corrected chi connectivity index (χ4v) is 2.57. The van der Waals surface area contributed by atoms with Crippen molar-refractivity contribution in [3.05, 3.63) is 0 Å². The van der Waals surface area contributed by atoms with Gasteiger partial charge in [0.15, 0.2) is 0 Å². The molecular formula is C12H22FNO. The van der Waals surface area contributed by atoms with E-state index in [-0.39, 0.29) is 18.4 Å². The maximum Gasteiger partial charge on any atom is 0.223 e. The van der Waals surface area contributed by atoms with Gasteiger partial charge in [0.1, 0.15) is 6.67 Å². The quantitative estimate of drug-likeness (QED) is 0.750. The minimum atomic E-state index is -0.461. The molecule has 1 unspecified atom stereocenters. The smallest absolute Gasteiger partial charge is 0.223 e. The molecule has 0 aliphatic heterocycles. The Balaban J connectivity index is 2.43. The molecule has 0 aromatic rings. The molecule has 2 nitrogen and oxygen atoms in total. The lowest BCUT2D eigenvalue weighted by Gasteiger charge is -2.30. The maximum absolute atomic E-state index is 12.0. The van der Waals surface area contributed by atoms with E-state index >= 15 is 0 Å². The number of alkyl halides is 1. The maximum atomic E-state index is 12.0. The minimum absolute atomic E-state index is 0.0748. The summed E-state index contributed by atoms with van der Waals surface area (Å²) in [5.41, 5.74) is 0. The number of carbonyl (C=O) groups is 1. The summed E-state index contributed by atoms with van der Waals surface area (Å²) in [5, 5.41) is 2.68. The fourth-order valence-electron chi connectivity index (χ4n) is 2.57. The van der Waals surface area contributed by atoms with Crippen LogP contribution in [0.3, 0.4) is 0 Å². The van der Waals surface area contributed by atoms with Gasteiger partial charge in [-0.2, -0.15) is 0 Å². The summed E-state index contributed by atoms with van der Waals surface area (Å²) in [6.07, 6.45) is 6.82. The Morgan fingerprint density at radius 2 is 2.13 bits per heavy atom. The van der Waals surface area contributed by atoms with E-state index in [1.165, 1.54) is 12.8 Å². The first-order valence-corrected chi connectivity index (χ1v) is 6.13. The van der Waals surface area contributed by atoms with Gasteiger partial charge in [0.25, 0.3) is 0 Å². The summed E-state index contributed by atoms with van der Waals surface area (Å²) in [4.78, 5) is 11.8. The molecule has 1 rings (SSSR count). The number of rotatable bonds is 5. The van der Waals surface area contributed by atoms with E-state index in [1.807, 2.05) is 0 Å². The van der Waals surface area contributed by atoms with Crippen molar-refractivity contribution >= 4 is 5.91 Å². The van der Waals surface area contributed by atoms with Crippen LogP contribution >= 0.6 is 0 Å². The first kappa shape index (κ1) is 12.5. The molecule has 0 spiro atoms. The highest BCUT2D eigenvalue weighted by Gasteiger charge is 2.29. The molecule has 1 aliphatic rings. The SMILES string of the molecule is CCCC1CCCC[C@@H]1C(=O)NCCF. The van der Waals surface area contributed by atoms with Gasteiger partial charge in [0, 0.05) is 12.5 Å². The number of nitrogens with one attached hydrogen (secondary N) is 1. The molecule has 0 bridgehead atoms. The molecule has 0 aromatic heterocycles. The summed E-state index contributed by atoms with van der Waals surface area (Å²) in [5.74, 6) is 0.749. The van der Waals surface area contributed by atoms with Crippen molar-refractivity contribution in [2.24, 2.45) is 11.8 Å². The van der Waals surface area contributed by atoms with Gasteiger partial charge < -0.3 is 5.32 Å². The highest BCUT2D eigenvalue weighted by molar-refractivity contribution is 5.79. The second kappa shape index (κ2) is 6.81. The predicted molar refractivity (Wildman–Crippen MR) is 59.3 cm³/mol. The number of hydrogen-bond acceptors (Lipinski definition) is 1. The van der Waals surface area contributed by atoms with Crippen LogP contribution in [-0.4, -0.2) is 19.1 Å². The van der Waals surface area contributed by atoms with Gasteiger partial charge in [-0.15, -0.1) is 0 Å². The summed E-state index contributed by atoms with van der Waals surface area (Å²) in [7, 11) is 0. The van der Waals surface area contributed by atoms with Crippen LogP contribution < -0.4 is 5.32 Å². The van der Waals surface area contributed by atoms with Gasteiger partial charge in [-0.05, 0) is 25.2 Å². The zero-order valence-electron chi connectivity index (χ0n) is 9.60. The van der Waals surface area contributed by atoms with Gasteiger partial charge in [-0.1, -0.05) is 26.2 Å². The van der Waals surface area contributed by atoms with Crippen LogP contribution in [0.5, 0.6) is 0 Å². The number of amides is 1. The molecule has 0 saturated heterocycles. The van der Waals surface area contributed by atoms with Crippen LogP contribution in [0.15, 0.2) is 0 Å². The van der Waals surface area contributed by atoms with Gasteiger partial charge >= 0.3 is 0 Å². The normalized spacial score (nSPS) is 26.3. The fraction of sp³-hybridized carbons (Fsp3) is 0.917.